The number of fused-ring (bicyclic) bond motifs is 3. The van der Waals surface area contributed by atoms with Crippen LogP contribution in [0.2, 0.25) is 0 Å². The summed E-state index contributed by atoms with van der Waals surface area (Å²) in [6, 6.07) is 8.19. The molecule has 2 aromatic heterocycles. The Hall–Kier alpha value is -1.97. The SMILES string of the molecule is O=C(CC1CC2CCC1C2)N1CCC(c2ccc3cccnc3n2)C1. The van der Waals surface area contributed by atoms with E-state index in [1.54, 1.807) is 6.20 Å². The summed E-state index contributed by atoms with van der Waals surface area (Å²) in [7, 11) is 0. The molecule has 2 aromatic rings. The standard InChI is InChI=1S/C21H25N3O/c25-20(12-18-11-14-3-4-16(18)10-14)24-9-7-17(13-24)19-6-5-15-2-1-8-22-21(15)23-19/h1-2,5-6,8,14,16-18H,3-4,7,9-13H2. The minimum absolute atomic E-state index is 0.357. The van der Waals surface area contributed by atoms with Crippen molar-refractivity contribution in [3.8, 4) is 0 Å². The Morgan fingerprint density at radius 3 is 2.96 bits per heavy atom. The average Bonchev–Trinajstić information content (AvgIpc) is 3.38. The van der Waals surface area contributed by atoms with Crippen LogP contribution in [-0.2, 0) is 4.79 Å². The van der Waals surface area contributed by atoms with Gasteiger partial charge in [0.25, 0.3) is 0 Å². The lowest BCUT2D eigenvalue weighted by Crippen LogP contribution is -2.31. The molecule has 2 saturated carbocycles. The molecular formula is C21H25N3O. The first-order valence-electron chi connectivity index (χ1n) is 9.76. The van der Waals surface area contributed by atoms with Crippen molar-refractivity contribution < 1.29 is 4.79 Å². The third kappa shape index (κ3) is 2.82. The van der Waals surface area contributed by atoms with Crippen LogP contribution in [0.25, 0.3) is 11.0 Å². The van der Waals surface area contributed by atoms with E-state index in [0.717, 1.165) is 54.5 Å². The minimum atomic E-state index is 0.357. The third-order valence-corrected chi connectivity index (χ3v) is 6.77. The van der Waals surface area contributed by atoms with Gasteiger partial charge in [0.05, 0.1) is 0 Å². The first-order chi connectivity index (χ1) is 12.3. The van der Waals surface area contributed by atoms with Gasteiger partial charge in [0.2, 0.25) is 5.91 Å². The Bertz CT molecular complexity index is 805. The number of rotatable bonds is 3. The van der Waals surface area contributed by atoms with Crippen LogP contribution in [0.5, 0.6) is 0 Å². The number of carbonyl (C=O) groups excluding carboxylic acids is 1. The fraction of sp³-hybridized carbons (Fsp3) is 0.571. The number of nitrogens with zero attached hydrogens (tertiary/aromatic N) is 3. The van der Waals surface area contributed by atoms with Crippen molar-refractivity contribution in [2.75, 3.05) is 13.1 Å². The molecule has 1 aliphatic heterocycles. The van der Waals surface area contributed by atoms with Gasteiger partial charge in [0.15, 0.2) is 5.65 Å². The van der Waals surface area contributed by atoms with E-state index in [9.17, 15) is 4.79 Å². The largest absolute Gasteiger partial charge is 0.342 e. The Morgan fingerprint density at radius 1 is 1.16 bits per heavy atom. The molecule has 1 amide bonds. The summed E-state index contributed by atoms with van der Waals surface area (Å²) in [6.07, 6.45) is 9.04. The molecule has 3 aliphatic rings. The molecule has 4 unspecified atom stereocenters. The number of hydrogen-bond donors (Lipinski definition) is 0. The molecule has 0 N–H and O–H groups in total. The number of carbonyl (C=O) groups is 1. The lowest BCUT2D eigenvalue weighted by atomic mass is 9.86. The topological polar surface area (TPSA) is 46.1 Å². The van der Waals surface area contributed by atoms with Crippen molar-refractivity contribution in [1.29, 1.82) is 0 Å². The Kier molecular flexibility index (Phi) is 3.72. The molecule has 3 fully saturated rings. The molecule has 4 atom stereocenters. The number of hydrogen-bond acceptors (Lipinski definition) is 3. The highest BCUT2D eigenvalue weighted by atomic mass is 16.2. The predicted octanol–water partition coefficient (Wildman–Crippen LogP) is 3.77. The van der Waals surface area contributed by atoms with Crippen LogP contribution in [-0.4, -0.2) is 33.9 Å². The molecule has 0 spiro atoms. The van der Waals surface area contributed by atoms with E-state index >= 15 is 0 Å². The molecule has 1 saturated heterocycles. The van der Waals surface area contributed by atoms with E-state index in [1.165, 1.54) is 25.7 Å². The number of aromatic nitrogens is 2. The van der Waals surface area contributed by atoms with Gasteiger partial charge >= 0.3 is 0 Å². The van der Waals surface area contributed by atoms with Gasteiger partial charge in [-0.15, -0.1) is 0 Å². The molecule has 2 bridgehead atoms. The van der Waals surface area contributed by atoms with E-state index in [0.29, 0.717) is 17.7 Å². The Morgan fingerprint density at radius 2 is 2.12 bits per heavy atom. The van der Waals surface area contributed by atoms with E-state index in [1.807, 2.05) is 12.1 Å². The lowest BCUT2D eigenvalue weighted by molar-refractivity contribution is -0.131. The molecule has 4 heteroatoms. The van der Waals surface area contributed by atoms with Gasteiger partial charge in [-0.05, 0) is 67.7 Å². The van der Waals surface area contributed by atoms with Crippen LogP contribution < -0.4 is 0 Å². The van der Waals surface area contributed by atoms with Crippen molar-refractivity contribution >= 4 is 16.9 Å². The summed E-state index contributed by atoms with van der Waals surface area (Å²) >= 11 is 0. The second kappa shape index (κ2) is 6.08. The maximum absolute atomic E-state index is 12.8. The summed E-state index contributed by atoms with van der Waals surface area (Å²) in [5.41, 5.74) is 1.90. The van der Waals surface area contributed by atoms with E-state index in [2.05, 4.69) is 22.0 Å². The van der Waals surface area contributed by atoms with Gasteiger partial charge in [-0.25, -0.2) is 9.97 Å². The number of likely N-dealkylation sites (tertiary alicyclic amines) is 1. The molecule has 3 heterocycles. The van der Waals surface area contributed by atoms with Gasteiger partial charge in [-0.2, -0.15) is 0 Å². The van der Waals surface area contributed by atoms with Crippen LogP contribution >= 0.6 is 0 Å². The van der Waals surface area contributed by atoms with Crippen molar-refractivity contribution in [1.82, 2.24) is 14.9 Å². The molecule has 25 heavy (non-hydrogen) atoms. The van der Waals surface area contributed by atoms with Crippen molar-refractivity contribution in [2.45, 2.75) is 44.4 Å². The summed E-state index contributed by atoms with van der Waals surface area (Å²) in [5, 5.41) is 1.08. The Labute approximate surface area is 148 Å². The van der Waals surface area contributed by atoms with Crippen molar-refractivity contribution in [2.24, 2.45) is 17.8 Å². The highest BCUT2D eigenvalue weighted by molar-refractivity contribution is 5.77. The molecule has 0 radical (unpaired) electrons. The summed E-state index contributed by atoms with van der Waals surface area (Å²) in [5.74, 6) is 3.15. The molecule has 2 aliphatic carbocycles. The average molecular weight is 335 g/mol. The van der Waals surface area contributed by atoms with Crippen LogP contribution in [0.3, 0.4) is 0 Å². The van der Waals surface area contributed by atoms with Gasteiger partial charge in [-0.3, -0.25) is 4.79 Å². The zero-order valence-corrected chi connectivity index (χ0v) is 14.6. The summed E-state index contributed by atoms with van der Waals surface area (Å²) in [6.45, 7) is 1.71. The van der Waals surface area contributed by atoms with Crippen molar-refractivity contribution in [3.63, 3.8) is 0 Å². The van der Waals surface area contributed by atoms with Crippen LogP contribution in [0.4, 0.5) is 0 Å². The highest BCUT2D eigenvalue weighted by Crippen LogP contribution is 2.49. The molecule has 5 rings (SSSR count). The third-order valence-electron chi connectivity index (χ3n) is 6.77. The van der Waals surface area contributed by atoms with E-state index < -0.39 is 0 Å². The second-order valence-corrected chi connectivity index (χ2v) is 8.25. The van der Waals surface area contributed by atoms with Gasteiger partial charge < -0.3 is 4.90 Å². The molecule has 4 nitrogen and oxygen atoms in total. The lowest BCUT2D eigenvalue weighted by Gasteiger charge is -2.24. The second-order valence-electron chi connectivity index (χ2n) is 8.25. The number of pyridine rings is 2. The minimum Gasteiger partial charge on any atom is -0.342 e. The fourth-order valence-electron chi connectivity index (χ4n) is 5.40. The van der Waals surface area contributed by atoms with E-state index in [-0.39, 0.29) is 0 Å². The Balaban J connectivity index is 1.25. The van der Waals surface area contributed by atoms with Gasteiger partial charge in [-0.1, -0.05) is 6.42 Å². The quantitative estimate of drug-likeness (QED) is 0.858. The molecule has 130 valence electrons. The predicted molar refractivity (Wildman–Crippen MR) is 97.0 cm³/mol. The van der Waals surface area contributed by atoms with Crippen LogP contribution in [0, 0.1) is 17.8 Å². The van der Waals surface area contributed by atoms with Crippen LogP contribution in [0.1, 0.15) is 50.1 Å². The normalized spacial score (nSPS) is 31.1. The zero-order chi connectivity index (χ0) is 16.8. The van der Waals surface area contributed by atoms with E-state index in [4.69, 9.17) is 4.98 Å². The van der Waals surface area contributed by atoms with Gasteiger partial charge in [0.1, 0.15) is 0 Å². The van der Waals surface area contributed by atoms with Gasteiger partial charge in [0, 0.05) is 42.7 Å². The molecule has 0 aromatic carbocycles. The maximum atomic E-state index is 12.8. The summed E-state index contributed by atoms with van der Waals surface area (Å²) < 4.78 is 0. The number of amides is 1. The van der Waals surface area contributed by atoms with Crippen molar-refractivity contribution in [3.05, 3.63) is 36.2 Å². The first-order valence-corrected chi connectivity index (χ1v) is 9.76. The zero-order valence-electron chi connectivity index (χ0n) is 14.6. The summed E-state index contributed by atoms with van der Waals surface area (Å²) in [4.78, 5) is 23.9. The monoisotopic (exact) mass is 335 g/mol. The first kappa shape index (κ1) is 15.3. The fourth-order valence-corrected chi connectivity index (χ4v) is 5.40. The van der Waals surface area contributed by atoms with Crippen LogP contribution in [0.15, 0.2) is 30.5 Å². The smallest absolute Gasteiger partial charge is 0.222 e. The molecular weight excluding hydrogens is 310 g/mol. The maximum Gasteiger partial charge on any atom is 0.222 e. The highest BCUT2D eigenvalue weighted by Gasteiger charge is 2.41.